The van der Waals surface area contributed by atoms with Crippen LogP contribution < -0.4 is 10.6 Å². The lowest BCUT2D eigenvalue weighted by molar-refractivity contribution is 0.0974. The highest BCUT2D eigenvalue weighted by Gasteiger charge is 2.22. The Morgan fingerprint density at radius 1 is 0.900 bits per heavy atom. The molecule has 1 aliphatic heterocycles. The average molecular weight is 266 g/mol. The predicted molar refractivity (Wildman–Crippen MR) is 77.9 cm³/mol. The van der Waals surface area contributed by atoms with Crippen molar-refractivity contribution in [3.8, 4) is 0 Å². The molecular weight excluding hydrogens is 252 g/mol. The molecule has 2 aromatic carbocycles. The summed E-state index contributed by atoms with van der Waals surface area (Å²) in [6.45, 7) is 0. The number of rotatable bonds is 2. The molecule has 1 aliphatic rings. The second-order valence-corrected chi connectivity index (χ2v) is 4.40. The summed E-state index contributed by atoms with van der Waals surface area (Å²) in [5.74, 6) is 0.369. The lowest BCUT2D eigenvalue weighted by atomic mass is 10.1. The quantitative estimate of drug-likeness (QED) is 0.878. The van der Waals surface area contributed by atoms with Gasteiger partial charge in [-0.3, -0.25) is 4.79 Å². The molecule has 0 atom stereocenters. The molecule has 1 heterocycles. The summed E-state index contributed by atoms with van der Waals surface area (Å²) in [6, 6.07) is 16.9. The van der Waals surface area contributed by atoms with Gasteiger partial charge >= 0.3 is 0 Å². The lowest BCUT2D eigenvalue weighted by Gasteiger charge is -2.13. The fourth-order valence-corrected chi connectivity index (χ4v) is 2.17. The largest absolute Gasteiger partial charge is 0.481 e. The number of benzene rings is 2. The van der Waals surface area contributed by atoms with E-state index < -0.39 is 0 Å². The fourth-order valence-electron chi connectivity index (χ4n) is 2.17. The van der Waals surface area contributed by atoms with Crippen molar-refractivity contribution < 1.29 is 9.53 Å². The van der Waals surface area contributed by atoms with Crippen molar-refractivity contribution in [1.82, 2.24) is 5.32 Å². The second kappa shape index (κ2) is 5.09. The van der Waals surface area contributed by atoms with Crippen molar-refractivity contribution >= 4 is 17.3 Å². The van der Waals surface area contributed by atoms with Gasteiger partial charge in [-0.15, -0.1) is 0 Å². The van der Waals surface area contributed by atoms with Crippen LogP contribution in [-0.2, 0) is 4.74 Å². The van der Waals surface area contributed by atoms with Crippen molar-refractivity contribution in [2.24, 2.45) is 0 Å². The van der Waals surface area contributed by atoms with Crippen LogP contribution in [0.4, 0.5) is 5.69 Å². The van der Waals surface area contributed by atoms with Gasteiger partial charge in [-0.2, -0.15) is 0 Å². The molecule has 0 spiro atoms. The zero-order valence-corrected chi connectivity index (χ0v) is 11.0. The molecule has 20 heavy (non-hydrogen) atoms. The van der Waals surface area contributed by atoms with E-state index in [1.54, 1.807) is 13.2 Å². The summed E-state index contributed by atoms with van der Waals surface area (Å²) >= 11 is 0. The SMILES string of the molecule is COC1=C(c2ccccc2)NC(=O)c2ccccc2N1. The molecular formula is C16H14N2O2. The molecule has 0 aromatic heterocycles. The highest BCUT2D eigenvalue weighted by atomic mass is 16.5. The molecule has 3 rings (SSSR count). The summed E-state index contributed by atoms with van der Waals surface area (Å²) in [4.78, 5) is 12.3. The molecule has 100 valence electrons. The minimum atomic E-state index is -0.154. The number of anilines is 1. The first-order chi connectivity index (χ1) is 9.79. The van der Waals surface area contributed by atoms with Gasteiger partial charge in [0.25, 0.3) is 5.91 Å². The number of carbonyl (C=O) groups excluding carboxylic acids is 1. The minimum absolute atomic E-state index is 0.154. The van der Waals surface area contributed by atoms with Gasteiger partial charge in [-0.25, -0.2) is 0 Å². The highest BCUT2D eigenvalue weighted by Crippen LogP contribution is 2.26. The summed E-state index contributed by atoms with van der Waals surface area (Å²) in [6.07, 6.45) is 0. The van der Waals surface area contributed by atoms with E-state index in [1.807, 2.05) is 48.5 Å². The van der Waals surface area contributed by atoms with Crippen molar-refractivity contribution in [3.63, 3.8) is 0 Å². The van der Waals surface area contributed by atoms with E-state index >= 15 is 0 Å². The smallest absolute Gasteiger partial charge is 0.257 e. The van der Waals surface area contributed by atoms with Crippen LogP contribution >= 0.6 is 0 Å². The standard InChI is InChI=1S/C16H14N2O2/c1-20-16-14(11-7-3-2-4-8-11)18-15(19)12-9-5-6-10-13(12)17-16/h2-10,17H,1H3,(H,18,19). The van der Waals surface area contributed by atoms with E-state index in [2.05, 4.69) is 10.6 Å². The van der Waals surface area contributed by atoms with Crippen LogP contribution in [0, 0.1) is 0 Å². The molecule has 0 bridgehead atoms. The van der Waals surface area contributed by atoms with Gasteiger partial charge in [-0.1, -0.05) is 42.5 Å². The van der Waals surface area contributed by atoms with Gasteiger partial charge in [-0.05, 0) is 12.1 Å². The van der Waals surface area contributed by atoms with Crippen LogP contribution in [0.1, 0.15) is 15.9 Å². The molecule has 4 heteroatoms. The number of nitrogens with one attached hydrogen (secondary N) is 2. The zero-order chi connectivity index (χ0) is 13.9. The number of fused-ring (bicyclic) bond motifs is 1. The molecule has 0 aliphatic carbocycles. The van der Waals surface area contributed by atoms with Crippen LogP contribution in [0.5, 0.6) is 0 Å². The minimum Gasteiger partial charge on any atom is -0.481 e. The monoisotopic (exact) mass is 266 g/mol. The number of hydrogen-bond donors (Lipinski definition) is 2. The van der Waals surface area contributed by atoms with Crippen molar-refractivity contribution in [3.05, 3.63) is 71.6 Å². The maximum Gasteiger partial charge on any atom is 0.257 e. The maximum absolute atomic E-state index is 12.3. The molecule has 0 saturated heterocycles. The van der Waals surface area contributed by atoms with Crippen LogP contribution in [0.2, 0.25) is 0 Å². The average Bonchev–Trinajstić information content (AvgIpc) is 2.65. The Balaban J connectivity index is 2.11. The van der Waals surface area contributed by atoms with Crippen LogP contribution in [0.15, 0.2) is 60.5 Å². The normalized spacial score (nSPS) is 13.9. The first-order valence-corrected chi connectivity index (χ1v) is 6.30. The van der Waals surface area contributed by atoms with Gasteiger partial charge in [0, 0.05) is 5.56 Å². The number of ether oxygens (including phenoxy) is 1. The molecule has 2 N–H and O–H groups in total. The third kappa shape index (κ3) is 2.12. The summed E-state index contributed by atoms with van der Waals surface area (Å²) in [5, 5.41) is 6.07. The Hall–Kier alpha value is -2.75. The molecule has 0 saturated carbocycles. The topological polar surface area (TPSA) is 50.4 Å². The molecule has 0 unspecified atom stereocenters. The fraction of sp³-hybridized carbons (Fsp3) is 0.0625. The van der Waals surface area contributed by atoms with Crippen LogP contribution in [-0.4, -0.2) is 13.0 Å². The Bertz CT molecular complexity index is 678. The Morgan fingerprint density at radius 3 is 2.35 bits per heavy atom. The number of amides is 1. The summed E-state index contributed by atoms with van der Waals surface area (Å²) < 4.78 is 5.40. The van der Waals surface area contributed by atoms with E-state index in [4.69, 9.17) is 4.74 Å². The zero-order valence-electron chi connectivity index (χ0n) is 11.0. The molecule has 1 amide bonds. The van der Waals surface area contributed by atoms with E-state index in [9.17, 15) is 4.79 Å². The van der Waals surface area contributed by atoms with Crippen molar-refractivity contribution in [2.75, 3.05) is 12.4 Å². The number of carbonyl (C=O) groups is 1. The number of hydrogen-bond acceptors (Lipinski definition) is 3. The Morgan fingerprint density at radius 2 is 1.60 bits per heavy atom. The van der Waals surface area contributed by atoms with Crippen molar-refractivity contribution in [1.29, 1.82) is 0 Å². The molecule has 0 radical (unpaired) electrons. The van der Waals surface area contributed by atoms with Gasteiger partial charge in [0.1, 0.15) is 5.70 Å². The molecule has 4 nitrogen and oxygen atoms in total. The van der Waals surface area contributed by atoms with E-state index in [1.165, 1.54) is 0 Å². The predicted octanol–water partition coefficient (Wildman–Crippen LogP) is 2.81. The summed E-state index contributed by atoms with van der Waals surface area (Å²) in [7, 11) is 1.57. The van der Waals surface area contributed by atoms with Gasteiger partial charge in [0.05, 0.1) is 18.4 Å². The van der Waals surface area contributed by atoms with E-state index in [-0.39, 0.29) is 5.91 Å². The number of para-hydroxylation sites is 1. The van der Waals surface area contributed by atoms with E-state index in [0.29, 0.717) is 17.1 Å². The first-order valence-electron chi connectivity index (χ1n) is 6.30. The van der Waals surface area contributed by atoms with Crippen LogP contribution in [0.25, 0.3) is 5.70 Å². The van der Waals surface area contributed by atoms with Gasteiger partial charge in [0.15, 0.2) is 0 Å². The highest BCUT2D eigenvalue weighted by molar-refractivity contribution is 6.05. The van der Waals surface area contributed by atoms with Crippen molar-refractivity contribution in [2.45, 2.75) is 0 Å². The Labute approximate surface area is 117 Å². The van der Waals surface area contributed by atoms with Crippen LogP contribution in [0.3, 0.4) is 0 Å². The third-order valence-corrected chi connectivity index (χ3v) is 3.15. The third-order valence-electron chi connectivity index (χ3n) is 3.15. The van der Waals surface area contributed by atoms with Gasteiger partial charge in [0.2, 0.25) is 5.88 Å². The molecule has 0 fully saturated rings. The number of methoxy groups -OCH3 is 1. The molecule has 2 aromatic rings. The summed E-state index contributed by atoms with van der Waals surface area (Å²) in [5.41, 5.74) is 2.84. The van der Waals surface area contributed by atoms with E-state index in [0.717, 1.165) is 11.3 Å². The first kappa shape index (κ1) is 12.3. The Kier molecular flexibility index (Phi) is 3.13. The maximum atomic E-state index is 12.3. The lowest BCUT2D eigenvalue weighted by Crippen LogP contribution is -2.21. The van der Waals surface area contributed by atoms with Gasteiger partial charge < -0.3 is 15.4 Å². The second-order valence-electron chi connectivity index (χ2n) is 4.40.